The zero-order chi connectivity index (χ0) is 15.1. The molecule has 0 amide bonds. The van der Waals surface area contributed by atoms with Gasteiger partial charge in [0.25, 0.3) is 0 Å². The van der Waals surface area contributed by atoms with Gasteiger partial charge in [0.05, 0.1) is 11.9 Å². The predicted octanol–water partition coefficient (Wildman–Crippen LogP) is 2.99. The van der Waals surface area contributed by atoms with E-state index in [2.05, 4.69) is 9.97 Å². The molecule has 0 spiro atoms. The highest BCUT2D eigenvalue weighted by Crippen LogP contribution is 2.32. The predicted molar refractivity (Wildman–Crippen MR) is 85.4 cm³/mol. The van der Waals surface area contributed by atoms with Crippen LogP contribution >= 0.6 is 22.9 Å². The Balaban J connectivity index is 2.05. The minimum absolute atomic E-state index is 0.0594. The monoisotopic (exact) mass is 322 g/mol. The lowest BCUT2D eigenvalue weighted by atomic mass is 10.2. The molecule has 3 heterocycles. The highest BCUT2D eigenvalue weighted by atomic mass is 35.5. The third-order valence-corrected chi connectivity index (χ3v) is 4.98. The summed E-state index contributed by atoms with van der Waals surface area (Å²) >= 11 is 7.89. The Morgan fingerprint density at radius 3 is 2.62 bits per heavy atom. The molecule has 0 unspecified atom stereocenters. The summed E-state index contributed by atoms with van der Waals surface area (Å²) in [5, 5.41) is 1.38. The molecule has 7 heteroatoms. The number of hydrogen-bond acceptors (Lipinski definition) is 4. The second kappa shape index (κ2) is 5.27. The Bertz CT molecular complexity index is 877. The van der Waals surface area contributed by atoms with Crippen molar-refractivity contribution in [3.8, 4) is 0 Å². The Hall–Kier alpha value is -1.66. The van der Waals surface area contributed by atoms with Crippen LogP contribution in [-0.2, 0) is 13.1 Å². The Labute approximate surface area is 130 Å². The first-order chi connectivity index (χ1) is 10.0. The molecule has 0 N–H and O–H groups in total. The van der Waals surface area contributed by atoms with Gasteiger partial charge in [0, 0.05) is 23.8 Å². The van der Waals surface area contributed by atoms with Crippen LogP contribution in [0.4, 0.5) is 0 Å². The molecule has 3 rings (SSSR count). The van der Waals surface area contributed by atoms with Crippen molar-refractivity contribution >= 4 is 33.2 Å². The molecule has 0 aromatic carbocycles. The highest BCUT2D eigenvalue weighted by molar-refractivity contribution is 7.18. The molecule has 5 nitrogen and oxygen atoms in total. The minimum Gasteiger partial charge on any atom is -0.300 e. The van der Waals surface area contributed by atoms with Gasteiger partial charge in [0.2, 0.25) is 0 Å². The lowest BCUT2D eigenvalue weighted by Gasteiger charge is -2.03. The zero-order valence-corrected chi connectivity index (χ0v) is 13.6. The van der Waals surface area contributed by atoms with Crippen LogP contribution in [0.15, 0.2) is 17.2 Å². The van der Waals surface area contributed by atoms with Crippen molar-refractivity contribution in [3.05, 3.63) is 44.3 Å². The van der Waals surface area contributed by atoms with Gasteiger partial charge in [0.1, 0.15) is 9.98 Å². The smallest absolute Gasteiger partial charge is 0.300 e. The lowest BCUT2D eigenvalue weighted by Crippen LogP contribution is -2.24. The Morgan fingerprint density at radius 1 is 1.24 bits per heavy atom. The average Bonchev–Trinajstić information content (AvgIpc) is 2.92. The van der Waals surface area contributed by atoms with Gasteiger partial charge in [-0.05, 0) is 26.3 Å². The van der Waals surface area contributed by atoms with E-state index in [1.165, 1.54) is 4.88 Å². The Morgan fingerprint density at radius 2 is 1.95 bits per heavy atom. The van der Waals surface area contributed by atoms with E-state index >= 15 is 0 Å². The molecule has 0 aliphatic carbocycles. The normalized spacial score (nSPS) is 11.4. The van der Waals surface area contributed by atoms with Crippen LogP contribution in [0.3, 0.4) is 0 Å². The van der Waals surface area contributed by atoms with Crippen LogP contribution in [0, 0.1) is 13.8 Å². The number of hydrogen-bond donors (Lipinski definition) is 0. The molecule has 0 aliphatic heterocycles. The van der Waals surface area contributed by atoms with Gasteiger partial charge in [-0.15, -0.1) is 11.3 Å². The molecular weight excluding hydrogens is 308 g/mol. The van der Waals surface area contributed by atoms with E-state index in [4.69, 9.17) is 11.6 Å². The average molecular weight is 323 g/mol. The summed E-state index contributed by atoms with van der Waals surface area (Å²) in [4.78, 5) is 23.0. The van der Waals surface area contributed by atoms with Crippen LogP contribution in [-0.4, -0.2) is 19.1 Å². The quantitative estimate of drug-likeness (QED) is 0.697. The highest BCUT2D eigenvalue weighted by Gasteiger charge is 2.14. The van der Waals surface area contributed by atoms with Crippen LogP contribution in [0.5, 0.6) is 0 Å². The maximum atomic E-state index is 12.1. The van der Waals surface area contributed by atoms with Crippen molar-refractivity contribution in [2.75, 3.05) is 0 Å². The van der Waals surface area contributed by atoms with E-state index < -0.39 is 0 Å². The van der Waals surface area contributed by atoms with Gasteiger partial charge in [-0.2, -0.15) is 0 Å². The fourth-order valence-electron chi connectivity index (χ4n) is 2.28. The van der Waals surface area contributed by atoms with Gasteiger partial charge in [-0.25, -0.2) is 14.8 Å². The van der Waals surface area contributed by atoms with Gasteiger partial charge < -0.3 is 0 Å². The largest absolute Gasteiger partial charge is 0.328 e. The van der Waals surface area contributed by atoms with Crippen LogP contribution in [0.25, 0.3) is 10.2 Å². The van der Waals surface area contributed by atoms with Crippen LogP contribution in [0.1, 0.15) is 23.2 Å². The number of aromatic nitrogens is 4. The fourth-order valence-corrected chi connectivity index (χ4v) is 3.71. The van der Waals surface area contributed by atoms with E-state index in [1.54, 1.807) is 32.9 Å². The van der Waals surface area contributed by atoms with Crippen molar-refractivity contribution in [2.45, 2.75) is 33.9 Å². The number of aryl methyl sites for hydroxylation is 3. The third kappa shape index (κ3) is 2.38. The molecule has 21 heavy (non-hydrogen) atoms. The van der Waals surface area contributed by atoms with Gasteiger partial charge >= 0.3 is 5.69 Å². The number of halogens is 1. The zero-order valence-electron chi connectivity index (χ0n) is 12.1. The van der Waals surface area contributed by atoms with Crippen molar-refractivity contribution in [1.82, 2.24) is 19.1 Å². The van der Waals surface area contributed by atoms with Gasteiger partial charge in [0.15, 0.2) is 5.82 Å². The molecule has 0 fully saturated rings. The molecule has 0 bridgehead atoms. The van der Waals surface area contributed by atoms with E-state index in [1.807, 2.05) is 20.8 Å². The first-order valence-corrected chi connectivity index (χ1v) is 7.88. The molecule has 0 atom stereocenters. The molecule has 0 saturated heterocycles. The standard InChI is InChI=1S/C14H15ClN4OS/c1-4-18-5-6-19(14(18)20)7-10-16-12(15)11-8(2)9(3)21-13(11)17-10/h5-6H,4,7H2,1-3H3. The van der Waals surface area contributed by atoms with E-state index in [0.29, 0.717) is 24.1 Å². The summed E-state index contributed by atoms with van der Waals surface area (Å²) in [5.74, 6) is 0.560. The number of imidazole rings is 1. The minimum atomic E-state index is -0.0594. The summed E-state index contributed by atoms with van der Waals surface area (Å²) in [6.45, 7) is 6.98. The van der Waals surface area contributed by atoms with E-state index in [9.17, 15) is 4.79 Å². The Kier molecular flexibility index (Phi) is 3.59. The molecule has 0 radical (unpaired) electrons. The van der Waals surface area contributed by atoms with E-state index in [-0.39, 0.29) is 5.69 Å². The lowest BCUT2D eigenvalue weighted by molar-refractivity contribution is 0.654. The second-order valence-corrected chi connectivity index (χ2v) is 6.45. The summed E-state index contributed by atoms with van der Waals surface area (Å²) in [7, 11) is 0. The third-order valence-electron chi connectivity index (χ3n) is 3.60. The van der Waals surface area contributed by atoms with Crippen molar-refractivity contribution < 1.29 is 0 Å². The molecule has 3 aromatic heterocycles. The summed E-state index contributed by atoms with van der Waals surface area (Å²) in [6.07, 6.45) is 3.51. The molecule has 0 saturated carbocycles. The van der Waals surface area contributed by atoms with E-state index in [0.717, 1.165) is 15.8 Å². The van der Waals surface area contributed by atoms with Gasteiger partial charge in [-0.1, -0.05) is 11.6 Å². The number of fused-ring (bicyclic) bond motifs is 1. The summed E-state index contributed by atoms with van der Waals surface area (Å²) in [6, 6.07) is 0. The topological polar surface area (TPSA) is 52.7 Å². The maximum Gasteiger partial charge on any atom is 0.328 e. The van der Waals surface area contributed by atoms with Crippen molar-refractivity contribution in [3.63, 3.8) is 0 Å². The second-order valence-electron chi connectivity index (χ2n) is 4.89. The fraction of sp³-hybridized carbons (Fsp3) is 0.357. The summed E-state index contributed by atoms with van der Waals surface area (Å²) in [5.41, 5.74) is 1.07. The van der Waals surface area contributed by atoms with Gasteiger partial charge in [-0.3, -0.25) is 9.13 Å². The maximum absolute atomic E-state index is 12.1. The van der Waals surface area contributed by atoms with Crippen molar-refractivity contribution in [2.24, 2.45) is 0 Å². The molecule has 110 valence electrons. The van der Waals surface area contributed by atoms with Crippen LogP contribution < -0.4 is 5.69 Å². The first kappa shape index (κ1) is 14.3. The summed E-state index contributed by atoms with van der Waals surface area (Å²) < 4.78 is 3.23. The molecular formula is C14H15ClN4OS. The molecule has 3 aromatic rings. The number of thiophene rings is 1. The molecule has 0 aliphatic rings. The first-order valence-electron chi connectivity index (χ1n) is 6.69. The van der Waals surface area contributed by atoms with Crippen molar-refractivity contribution in [1.29, 1.82) is 0 Å². The number of nitrogens with zero attached hydrogens (tertiary/aromatic N) is 4. The SMILES string of the molecule is CCn1ccn(Cc2nc(Cl)c3c(C)c(C)sc3n2)c1=O. The van der Waals surface area contributed by atoms with Crippen LogP contribution in [0.2, 0.25) is 5.15 Å². The number of rotatable bonds is 3.